The van der Waals surface area contributed by atoms with Crippen LogP contribution in [0, 0.1) is 11.6 Å². The summed E-state index contributed by atoms with van der Waals surface area (Å²) in [5.74, 6) is -0.692. The molecule has 14 heteroatoms. The first-order valence-corrected chi connectivity index (χ1v) is 13.9. The van der Waals surface area contributed by atoms with Gasteiger partial charge in [0.1, 0.15) is 23.8 Å². The van der Waals surface area contributed by atoms with Crippen LogP contribution in [0.1, 0.15) is 16.7 Å². The normalized spacial score (nSPS) is 22.0. The number of aliphatic hydroxyl groups excluding tert-OH is 2. The highest BCUT2D eigenvalue weighted by molar-refractivity contribution is 5.86. The molecule has 6 nitrogen and oxygen atoms in total. The lowest BCUT2D eigenvalue weighted by Gasteiger charge is -2.42. The van der Waals surface area contributed by atoms with E-state index in [2.05, 4.69) is 9.80 Å². The predicted octanol–water partition coefficient (Wildman–Crippen LogP) is 5.56. The molecule has 2 saturated heterocycles. The summed E-state index contributed by atoms with van der Waals surface area (Å²) in [6.45, 7) is 2.74. The fourth-order valence-electron chi connectivity index (χ4n) is 5.87. The van der Waals surface area contributed by atoms with Crippen LogP contribution in [-0.2, 0) is 24.0 Å². The zero-order valence-electron chi connectivity index (χ0n) is 24.2. The molecule has 0 aromatic heterocycles. The Hall–Kier alpha value is -2.22. The molecule has 5 rings (SSSR count). The molecule has 0 aliphatic carbocycles. The minimum Gasteiger partial charge on any atom is -0.394 e. The number of piperazine rings is 1. The maximum Gasteiger partial charge on any atom is 0.416 e. The smallest absolute Gasteiger partial charge is 0.394 e. The number of aliphatic hydroxyl groups is 2. The molecule has 45 heavy (non-hydrogen) atoms. The summed E-state index contributed by atoms with van der Waals surface area (Å²) >= 11 is 0. The molecule has 2 heterocycles. The van der Waals surface area contributed by atoms with Gasteiger partial charge in [0.2, 0.25) is 0 Å². The number of rotatable bonds is 9. The Labute approximate surface area is 278 Å². The lowest BCUT2D eigenvalue weighted by Crippen LogP contribution is -2.57. The monoisotopic (exact) mass is 699 g/mol. The summed E-state index contributed by atoms with van der Waals surface area (Å²) in [5.41, 5.74) is 1.52. The number of hydrogen-bond donors (Lipinski definition) is 2. The van der Waals surface area contributed by atoms with E-state index in [9.17, 15) is 32.2 Å². The molecule has 0 amide bonds. The summed E-state index contributed by atoms with van der Waals surface area (Å²) in [6.07, 6.45) is -6.69. The third-order valence-electron chi connectivity index (χ3n) is 7.99. The molecular formula is C31H37Cl3F5N3O3. The van der Waals surface area contributed by atoms with Crippen LogP contribution in [0.3, 0.4) is 0 Å². The molecule has 0 bridgehead atoms. The Morgan fingerprint density at radius 2 is 1.31 bits per heavy atom. The fraction of sp³-hybridized carbons (Fsp3) is 0.419. The van der Waals surface area contributed by atoms with Crippen molar-refractivity contribution in [3.63, 3.8) is 0 Å². The Kier molecular flexibility index (Phi) is 14.8. The number of hydrogen-bond acceptors (Lipinski definition) is 6. The van der Waals surface area contributed by atoms with Crippen LogP contribution < -0.4 is 4.90 Å². The molecular weight excluding hydrogens is 664 g/mol. The predicted molar refractivity (Wildman–Crippen MR) is 169 cm³/mol. The van der Waals surface area contributed by atoms with Gasteiger partial charge >= 0.3 is 6.18 Å². The summed E-state index contributed by atoms with van der Waals surface area (Å²) < 4.78 is 73.0. The van der Waals surface area contributed by atoms with Crippen LogP contribution >= 0.6 is 37.2 Å². The topological polar surface area (TPSA) is 59.4 Å². The van der Waals surface area contributed by atoms with Crippen molar-refractivity contribution in [2.75, 3.05) is 44.2 Å². The first kappa shape index (κ1) is 39.0. The molecule has 3 aromatic rings. The highest BCUT2D eigenvalue weighted by Crippen LogP contribution is 2.33. The average molecular weight is 701 g/mol. The number of halogens is 8. The fourth-order valence-corrected chi connectivity index (χ4v) is 5.87. The van der Waals surface area contributed by atoms with Crippen LogP contribution in [0.25, 0.3) is 0 Å². The zero-order valence-corrected chi connectivity index (χ0v) is 26.6. The minimum absolute atomic E-state index is 0. The van der Waals surface area contributed by atoms with Crippen molar-refractivity contribution in [3.05, 3.63) is 101 Å². The zero-order chi connectivity index (χ0) is 29.9. The molecule has 0 saturated carbocycles. The molecule has 2 aliphatic heterocycles. The number of ether oxygens (including phenoxy) is 1. The number of nitrogens with zero attached hydrogens (tertiary/aromatic N) is 3. The third-order valence-corrected chi connectivity index (χ3v) is 7.99. The maximum atomic E-state index is 13.5. The van der Waals surface area contributed by atoms with E-state index in [1.807, 2.05) is 4.90 Å². The number of benzene rings is 3. The van der Waals surface area contributed by atoms with Gasteiger partial charge in [-0.3, -0.25) is 9.80 Å². The van der Waals surface area contributed by atoms with Gasteiger partial charge < -0.3 is 19.8 Å². The molecule has 0 unspecified atom stereocenters. The maximum absolute atomic E-state index is 13.5. The first-order valence-electron chi connectivity index (χ1n) is 13.9. The van der Waals surface area contributed by atoms with E-state index in [0.717, 1.165) is 23.3 Å². The van der Waals surface area contributed by atoms with E-state index in [-0.39, 0.29) is 55.5 Å². The number of anilines is 1. The van der Waals surface area contributed by atoms with Crippen LogP contribution in [-0.4, -0.2) is 83.7 Å². The Morgan fingerprint density at radius 1 is 0.778 bits per heavy atom. The SMILES string of the molecule is Cl.Cl.Cl.OC[C@@H]1O[C@H](CN(Cc2ccc(F)cc2)Cc2ccc(F)cc2)[C@H](N2CCN(c3cccc(C(F)(F)F)c3)CC2)[C@@H]1O. The lowest BCUT2D eigenvalue weighted by atomic mass is 10.0. The molecule has 2 fully saturated rings. The van der Waals surface area contributed by atoms with Crippen molar-refractivity contribution in [1.82, 2.24) is 9.80 Å². The largest absolute Gasteiger partial charge is 0.416 e. The molecule has 3 aromatic carbocycles. The van der Waals surface area contributed by atoms with Crippen molar-refractivity contribution < 1.29 is 36.9 Å². The van der Waals surface area contributed by atoms with Gasteiger partial charge in [-0.15, -0.1) is 37.2 Å². The summed E-state index contributed by atoms with van der Waals surface area (Å²) in [5, 5.41) is 21.1. The second-order valence-corrected chi connectivity index (χ2v) is 10.9. The highest BCUT2D eigenvalue weighted by atomic mass is 35.5. The molecule has 0 spiro atoms. The van der Waals surface area contributed by atoms with Gasteiger partial charge in [-0.25, -0.2) is 8.78 Å². The van der Waals surface area contributed by atoms with Gasteiger partial charge in [0, 0.05) is 51.5 Å². The van der Waals surface area contributed by atoms with E-state index >= 15 is 0 Å². The van der Waals surface area contributed by atoms with E-state index in [0.29, 0.717) is 51.5 Å². The van der Waals surface area contributed by atoms with Crippen molar-refractivity contribution >= 4 is 42.9 Å². The average Bonchev–Trinajstić information content (AvgIpc) is 3.29. The minimum atomic E-state index is -4.43. The van der Waals surface area contributed by atoms with Gasteiger partial charge in [-0.05, 0) is 53.6 Å². The van der Waals surface area contributed by atoms with Crippen LogP contribution in [0.15, 0.2) is 72.8 Å². The van der Waals surface area contributed by atoms with Gasteiger partial charge in [-0.2, -0.15) is 13.2 Å². The molecule has 4 atom stereocenters. The van der Waals surface area contributed by atoms with Gasteiger partial charge in [-0.1, -0.05) is 30.3 Å². The van der Waals surface area contributed by atoms with Crippen LogP contribution in [0.4, 0.5) is 27.6 Å². The third kappa shape index (κ3) is 9.89. The second-order valence-electron chi connectivity index (χ2n) is 10.9. The van der Waals surface area contributed by atoms with E-state index in [4.69, 9.17) is 4.74 Å². The van der Waals surface area contributed by atoms with Crippen molar-refractivity contribution in [2.24, 2.45) is 0 Å². The summed E-state index contributed by atoms with van der Waals surface area (Å²) in [4.78, 5) is 6.04. The van der Waals surface area contributed by atoms with Crippen LogP contribution in [0.2, 0.25) is 0 Å². The first-order chi connectivity index (χ1) is 20.1. The Bertz CT molecular complexity index is 1270. The van der Waals surface area contributed by atoms with Gasteiger partial charge in [0.15, 0.2) is 0 Å². The van der Waals surface area contributed by atoms with E-state index < -0.39 is 36.1 Å². The number of alkyl halides is 3. The van der Waals surface area contributed by atoms with Crippen molar-refractivity contribution in [1.29, 1.82) is 0 Å². The van der Waals surface area contributed by atoms with Crippen LogP contribution in [0.5, 0.6) is 0 Å². The molecule has 2 N–H and O–H groups in total. The summed E-state index contributed by atoms with van der Waals surface area (Å²) in [6, 6.07) is 17.1. The molecule has 0 radical (unpaired) electrons. The Balaban J connectivity index is 0.00000235. The quantitative estimate of drug-likeness (QED) is 0.285. The Morgan fingerprint density at radius 3 is 1.80 bits per heavy atom. The highest BCUT2D eigenvalue weighted by Gasteiger charge is 2.47. The lowest BCUT2D eigenvalue weighted by molar-refractivity contribution is -0.137. The van der Waals surface area contributed by atoms with Gasteiger partial charge in [0.05, 0.1) is 24.3 Å². The van der Waals surface area contributed by atoms with Gasteiger partial charge in [0.25, 0.3) is 0 Å². The van der Waals surface area contributed by atoms with E-state index in [1.165, 1.54) is 30.3 Å². The van der Waals surface area contributed by atoms with Crippen molar-refractivity contribution in [3.8, 4) is 0 Å². The standard InChI is InChI=1S/C31H34F5N3O3.3ClH/c32-24-8-4-21(5-9-24)17-37(18-22-6-10-25(33)11-7-22)19-27-29(30(41)28(20-40)42-27)39-14-12-38(13-15-39)26-3-1-2-23(16-26)31(34,35)36;;;/h1-11,16,27-30,40-41H,12-15,17-20H2;3*1H/t27-,28+,29+,30-;;;/m1.../s1. The molecule has 250 valence electrons. The summed E-state index contributed by atoms with van der Waals surface area (Å²) in [7, 11) is 0. The second kappa shape index (κ2) is 17.1. The van der Waals surface area contributed by atoms with Crippen molar-refractivity contribution in [2.45, 2.75) is 43.6 Å². The molecule has 2 aliphatic rings. The van der Waals surface area contributed by atoms with E-state index in [1.54, 1.807) is 30.3 Å².